The molecule has 1 heterocycles. The lowest BCUT2D eigenvalue weighted by molar-refractivity contribution is 0.390. The first-order valence-corrected chi connectivity index (χ1v) is 6.64. The molecule has 1 aliphatic heterocycles. The van der Waals surface area contributed by atoms with Gasteiger partial charge in [-0.05, 0) is 33.2 Å². The fraction of sp³-hybridized carbons (Fsp3) is 1.00. The van der Waals surface area contributed by atoms with Crippen LogP contribution in [-0.2, 0) is 10.0 Å². The van der Waals surface area contributed by atoms with Crippen molar-refractivity contribution in [3.63, 3.8) is 0 Å². The van der Waals surface area contributed by atoms with Crippen LogP contribution < -0.4 is 5.32 Å². The SMILES string of the molecule is CC(C)N(C)S(=O)(=O)C1CCCNC1. The van der Waals surface area contributed by atoms with Crippen molar-refractivity contribution >= 4 is 10.0 Å². The molecular weight excluding hydrogens is 200 g/mol. The minimum atomic E-state index is -3.09. The molecule has 84 valence electrons. The van der Waals surface area contributed by atoms with Gasteiger partial charge < -0.3 is 5.32 Å². The number of rotatable bonds is 3. The van der Waals surface area contributed by atoms with Gasteiger partial charge in [-0.1, -0.05) is 0 Å². The third-order valence-electron chi connectivity index (χ3n) is 2.80. The Balaban J connectivity index is 2.73. The van der Waals surface area contributed by atoms with Crippen LogP contribution in [-0.4, -0.2) is 44.2 Å². The number of nitrogens with one attached hydrogen (secondary N) is 1. The van der Waals surface area contributed by atoms with Crippen LogP contribution in [0.25, 0.3) is 0 Å². The minimum absolute atomic E-state index is 0.0435. The highest BCUT2D eigenvalue weighted by molar-refractivity contribution is 7.89. The smallest absolute Gasteiger partial charge is 0.218 e. The number of nitrogens with zero attached hydrogens (tertiary/aromatic N) is 1. The third kappa shape index (κ3) is 2.46. The summed E-state index contributed by atoms with van der Waals surface area (Å²) in [6, 6.07) is 0.0435. The van der Waals surface area contributed by atoms with Crippen molar-refractivity contribution in [2.24, 2.45) is 0 Å². The molecule has 0 radical (unpaired) electrons. The first kappa shape index (κ1) is 11.9. The second kappa shape index (κ2) is 4.59. The topological polar surface area (TPSA) is 49.4 Å². The van der Waals surface area contributed by atoms with Gasteiger partial charge in [-0.25, -0.2) is 12.7 Å². The average molecular weight is 220 g/mol. The Morgan fingerprint density at radius 3 is 2.50 bits per heavy atom. The molecule has 0 amide bonds. The molecule has 0 spiro atoms. The van der Waals surface area contributed by atoms with Crippen molar-refractivity contribution in [3.05, 3.63) is 0 Å². The van der Waals surface area contributed by atoms with E-state index in [1.807, 2.05) is 13.8 Å². The number of piperidine rings is 1. The number of hydrogen-bond donors (Lipinski definition) is 1. The highest BCUT2D eigenvalue weighted by Gasteiger charge is 2.31. The summed E-state index contributed by atoms with van der Waals surface area (Å²) in [5.74, 6) is 0. The number of sulfonamides is 1. The first-order valence-electron chi connectivity index (χ1n) is 5.14. The van der Waals surface area contributed by atoms with Gasteiger partial charge >= 0.3 is 0 Å². The highest BCUT2D eigenvalue weighted by Crippen LogP contribution is 2.16. The zero-order chi connectivity index (χ0) is 10.8. The summed E-state index contributed by atoms with van der Waals surface area (Å²) in [7, 11) is -1.43. The maximum Gasteiger partial charge on any atom is 0.218 e. The van der Waals surface area contributed by atoms with Crippen LogP contribution in [0.4, 0.5) is 0 Å². The van der Waals surface area contributed by atoms with Crippen molar-refractivity contribution in [3.8, 4) is 0 Å². The molecule has 1 fully saturated rings. The monoisotopic (exact) mass is 220 g/mol. The molecular formula is C9H20N2O2S. The van der Waals surface area contributed by atoms with Crippen LogP contribution in [0.2, 0.25) is 0 Å². The van der Waals surface area contributed by atoms with Gasteiger partial charge in [-0.15, -0.1) is 0 Å². The quantitative estimate of drug-likeness (QED) is 0.749. The van der Waals surface area contributed by atoms with Crippen LogP contribution >= 0.6 is 0 Å². The van der Waals surface area contributed by atoms with Crippen molar-refractivity contribution in [1.29, 1.82) is 0 Å². The van der Waals surface area contributed by atoms with E-state index in [0.717, 1.165) is 19.4 Å². The Labute approximate surface area is 86.7 Å². The molecule has 1 rings (SSSR count). The van der Waals surface area contributed by atoms with E-state index in [9.17, 15) is 8.42 Å². The Morgan fingerprint density at radius 2 is 2.07 bits per heavy atom. The fourth-order valence-corrected chi connectivity index (χ4v) is 3.45. The van der Waals surface area contributed by atoms with E-state index in [1.165, 1.54) is 4.31 Å². The van der Waals surface area contributed by atoms with Gasteiger partial charge in [0.2, 0.25) is 10.0 Å². The van der Waals surface area contributed by atoms with E-state index in [0.29, 0.717) is 6.54 Å². The minimum Gasteiger partial charge on any atom is -0.315 e. The molecule has 1 saturated heterocycles. The van der Waals surface area contributed by atoms with E-state index in [-0.39, 0.29) is 11.3 Å². The van der Waals surface area contributed by atoms with Crippen molar-refractivity contribution < 1.29 is 8.42 Å². The maximum absolute atomic E-state index is 12.0. The Morgan fingerprint density at radius 1 is 1.43 bits per heavy atom. The Kier molecular flexibility index (Phi) is 3.92. The summed E-state index contributed by atoms with van der Waals surface area (Å²) >= 11 is 0. The number of hydrogen-bond acceptors (Lipinski definition) is 3. The summed E-state index contributed by atoms with van der Waals surface area (Å²) in [5, 5.41) is 2.90. The lowest BCUT2D eigenvalue weighted by Gasteiger charge is -2.29. The second-order valence-electron chi connectivity index (χ2n) is 4.12. The molecule has 5 heteroatoms. The van der Waals surface area contributed by atoms with Crippen molar-refractivity contribution in [2.75, 3.05) is 20.1 Å². The maximum atomic E-state index is 12.0. The molecule has 0 saturated carbocycles. The van der Waals surface area contributed by atoms with Crippen molar-refractivity contribution in [1.82, 2.24) is 9.62 Å². The van der Waals surface area contributed by atoms with Gasteiger partial charge in [0, 0.05) is 19.6 Å². The van der Waals surface area contributed by atoms with Crippen LogP contribution in [0.3, 0.4) is 0 Å². The summed E-state index contributed by atoms with van der Waals surface area (Å²) in [6.07, 6.45) is 1.74. The molecule has 1 N–H and O–H groups in total. The summed E-state index contributed by atoms with van der Waals surface area (Å²) in [6.45, 7) is 5.33. The molecule has 4 nitrogen and oxygen atoms in total. The van der Waals surface area contributed by atoms with E-state index in [2.05, 4.69) is 5.32 Å². The molecule has 0 aromatic rings. The van der Waals surface area contributed by atoms with Crippen molar-refractivity contribution in [2.45, 2.75) is 38.0 Å². The normalized spacial score (nSPS) is 24.5. The standard InChI is InChI=1S/C9H20N2O2S/c1-8(2)11(3)14(12,13)9-5-4-6-10-7-9/h8-10H,4-7H2,1-3H3. The lowest BCUT2D eigenvalue weighted by atomic mass is 10.2. The van der Waals surface area contributed by atoms with E-state index >= 15 is 0 Å². The van der Waals surface area contributed by atoms with Gasteiger partial charge in [0.25, 0.3) is 0 Å². The van der Waals surface area contributed by atoms with Crippen LogP contribution in [0.1, 0.15) is 26.7 Å². The second-order valence-corrected chi connectivity index (χ2v) is 6.40. The molecule has 0 bridgehead atoms. The third-order valence-corrected chi connectivity index (χ3v) is 5.27. The van der Waals surface area contributed by atoms with Gasteiger partial charge in [0.15, 0.2) is 0 Å². The molecule has 14 heavy (non-hydrogen) atoms. The molecule has 1 unspecified atom stereocenters. The molecule has 0 aromatic heterocycles. The summed E-state index contributed by atoms with van der Waals surface area (Å²) < 4.78 is 25.5. The van der Waals surface area contributed by atoms with Gasteiger partial charge in [0.05, 0.1) is 5.25 Å². The van der Waals surface area contributed by atoms with Gasteiger partial charge in [-0.3, -0.25) is 0 Å². The zero-order valence-electron chi connectivity index (χ0n) is 9.16. The zero-order valence-corrected chi connectivity index (χ0v) is 9.97. The largest absolute Gasteiger partial charge is 0.315 e. The molecule has 1 atom stereocenters. The van der Waals surface area contributed by atoms with Crippen LogP contribution in [0, 0.1) is 0 Å². The molecule has 0 aromatic carbocycles. The Hall–Kier alpha value is -0.130. The fourth-order valence-electron chi connectivity index (χ4n) is 1.60. The van der Waals surface area contributed by atoms with Crippen LogP contribution in [0.15, 0.2) is 0 Å². The summed E-state index contributed by atoms with van der Waals surface area (Å²) in [5.41, 5.74) is 0. The predicted molar refractivity (Wildman–Crippen MR) is 57.7 cm³/mol. The molecule has 0 aliphatic carbocycles. The first-order chi connectivity index (χ1) is 6.46. The van der Waals surface area contributed by atoms with Gasteiger partial charge in [-0.2, -0.15) is 0 Å². The van der Waals surface area contributed by atoms with Crippen LogP contribution in [0.5, 0.6) is 0 Å². The highest BCUT2D eigenvalue weighted by atomic mass is 32.2. The van der Waals surface area contributed by atoms with E-state index in [4.69, 9.17) is 0 Å². The van der Waals surface area contributed by atoms with Gasteiger partial charge in [0.1, 0.15) is 0 Å². The molecule has 1 aliphatic rings. The summed E-state index contributed by atoms with van der Waals surface area (Å²) in [4.78, 5) is 0. The van der Waals surface area contributed by atoms with E-state index < -0.39 is 10.0 Å². The Bertz CT molecular complexity index is 269. The lowest BCUT2D eigenvalue weighted by Crippen LogP contribution is -2.46. The van der Waals surface area contributed by atoms with E-state index in [1.54, 1.807) is 7.05 Å². The average Bonchev–Trinajstić information content (AvgIpc) is 2.18. The predicted octanol–water partition coefficient (Wildman–Crippen LogP) is 0.408.